The van der Waals surface area contributed by atoms with Crippen LogP contribution in [0.3, 0.4) is 0 Å². The minimum atomic E-state index is -3.79. The molecule has 1 aliphatic rings. The van der Waals surface area contributed by atoms with Crippen molar-refractivity contribution in [3.63, 3.8) is 0 Å². The van der Waals surface area contributed by atoms with Crippen molar-refractivity contribution in [2.24, 2.45) is 11.8 Å². The average Bonchev–Trinajstić information content (AvgIpc) is 2.78. The van der Waals surface area contributed by atoms with E-state index in [9.17, 15) is 18.0 Å². The zero-order valence-electron chi connectivity index (χ0n) is 20.4. The van der Waals surface area contributed by atoms with Gasteiger partial charge in [0.2, 0.25) is 5.91 Å². The van der Waals surface area contributed by atoms with E-state index in [1.54, 1.807) is 48.2 Å². The molecule has 34 heavy (non-hydrogen) atoms. The van der Waals surface area contributed by atoms with E-state index in [0.717, 1.165) is 24.8 Å². The Bertz CT molecular complexity index is 1140. The number of anilines is 1. The van der Waals surface area contributed by atoms with Crippen LogP contribution in [0.15, 0.2) is 47.4 Å². The lowest BCUT2D eigenvalue weighted by Gasteiger charge is -2.32. The third-order valence-electron chi connectivity index (χ3n) is 6.08. The molecule has 184 valence electrons. The van der Waals surface area contributed by atoms with Gasteiger partial charge in [0.05, 0.1) is 10.8 Å². The summed E-state index contributed by atoms with van der Waals surface area (Å²) >= 11 is 0. The highest BCUT2D eigenvalue weighted by atomic mass is 32.2. The lowest BCUT2D eigenvalue weighted by Crippen LogP contribution is -2.45. The SMILES string of the molecule is Cc1ccc(S(=O)(=O)Nc2cccc(C(=O)N3CCC[C@H](C(=O)NCCC(C)C)C3)c2)c(C)c1. The molecule has 8 heteroatoms. The van der Waals surface area contributed by atoms with Gasteiger partial charge in [-0.15, -0.1) is 0 Å². The summed E-state index contributed by atoms with van der Waals surface area (Å²) in [5.41, 5.74) is 2.36. The summed E-state index contributed by atoms with van der Waals surface area (Å²) in [5, 5.41) is 2.99. The van der Waals surface area contributed by atoms with Crippen LogP contribution in [0.5, 0.6) is 0 Å². The Hall–Kier alpha value is -2.87. The van der Waals surface area contributed by atoms with Crippen molar-refractivity contribution >= 4 is 27.5 Å². The van der Waals surface area contributed by atoms with Crippen molar-refractivity contribution in [3.05, 3.63) is 59.2 Å². The summed E-state index contributed by atoms with van der Waals surface area (Å²) < 4.78 is 28.4. The number of hydrogen-bond acceptors (Lipinski definition) is 4. The van der Waals surface area contributed by atoms with Gasteiger partial charge in [-0.2, -0.15) is 0 Å². The molecule has 0 aliphatic carbocycles. The summed E-state index contributed by atoms with van der Waals surface area (Å²) in [6, 6.07) is 11.7. The average molecular weight is 486 g/mol. The number of aryl methyl sites for hydroxylation is 2. The largest absolute Gasteiger partial charge is 0.356 e. The lowest BCUT2D eigenvalue weighted by molar-refractivity contribution is -0.126. The van der Waals surface area contributed by atoms with Gasteiger partial charge in [-0.3, -0.25) is 14.3 Å². The van der Waals surface area contributed by atoms with Crippen LogP contribution in [0.2, 0.25) is 0 Å². The van der Waals surface area contributed by atoms with Crippen LogP contribution in [-0.4, -0.2) is 44.8 Å². The van der Waals surface area contributed by atoms with Gasteiger partial charge in [-0.1, -0.05) is 37.6 Å². The van der Waals surface area contributed by atoms with E-state index in [1.165, 1.54) is 0 Å². The van der Waals surface area contributed by atoms with Crippen LogP contribution in [0.1, 0.15) is 54.6 Å². The molecule has 0 radical (unpaired) electrons. The standard InChI is InChI=1S/C26H35N3O4S/c1-18(2)12-13-27-25(30)22-8-6-14-29(17-22)26(31)21-7-5-9-23(16-21)28-34(32,33)24-11-10-19(3)15-20(24)4/h5,7,9-11,15-16,18,22,28H,6,8,12-14,17H2,1-4H3,(H,27,30)/t22-/m0/s1. The number of carbonyl (C=O) groups excluding carboxylic acids is 2. The first-order valence-electron chi connectivity index (χ1n) is 11.8. The van der Waals surface area contributed by atoms with Gasteiger partial charge in [-0.25, -0.2) is 8.42 Å². The maximum atomic E-state index is 13.2. The zero-order chi connectivity index (χ0) is 24.9. The molecule has 0 unspecified atom stereocenters. The molecule has 1 aliphatic heterocycles. The summed E-state index contributed by atoms with van der Waals surface area (Å²) in [7, 11) is -3.79. The first kappa shape index (κ1) is 25.7. The quantitative estimate of drug-likeness (QED) is 0.588. The predicted molar refractivity (Wildman–Crippen MR) is 134 cm³/mol. The Labute approximate surface area is 203 Å². The van der Waals surface area contributed by atoms with Gasteiger partial charge >= 0.3 is 0 Å². The molecular weight excluding hydrogens is 450 g/mol. The van der Waals surface area contributed by atoms with Crippen LogP contribution in [0, 0.1) is 25.7 Å². The molecule has 7 nitrogen and oxygen atoms in total. The van der Waals surface area contributed by atoms with E-state index in [-0.39, 0.29) is 22.6 Å². The highest BCUT2D eigenvalue weighted by Gasteiger charge is 2.29. The van der Waals surface area contributed by atoms with Crippen molar-refractivity contribution < 1.29 is 18.0 Å². The molecule has 0 aromatic heterocycles. The Morgan fingerprint density at radius 2 is 1.88 bits per heavy atom. The number of rotatable bonds is 8. The van der Waals surface area contributed by atoms with E-state index < -0.39 is 10.0 Å². The number of hydrogen-bond donors (Lipinski definition) is 2. The van der Waals surface area contributed by atoms with Crippen molar-refractivity contribution in [2.45, 2.75) is 51.9 Å². The number of nitrogens with one attached hydrogen (secondary N) is 2. The maximum Gasteiger partial charge on any atom is 0.262 e. The second-order valence-corrected chi connectivity index (χ2v) is 11.2. The van der Waals surface area contributed by atoms with E-state index >= 15 is 0 Å². The summed E-state index contributed by atoms with van der Waals surface area (Å²) in [4.78, 5) is 27.6. The minimum Gasteiger partial charge on any atom is -0.356 e. The molecule has 3 rings (SSSR count). The second-order valence-electron chi connectivity index (χ2n) is 9.52. The number of carbonyl (C=O) groups is 2. The Kier molecular flexibility index (Phi) is 8.36. The molecule has 2 N–H and O–H groups in total. The van der Waals surface area contributed by atoms with Crippen LogP contribution < -0.4 is 10.0 Å². The monoisotopic (exact) mass is 485 g/mol. The molecule has 2 amide bonds. The highest BCUT2D eigenvalue weighted by molar-refractivity contribution is 7.92. The number of benzene rings is 2. The first-order valence-corrected chi connectivity index (χ1v) is 13.3. The van der Waals surface area contributed by atoms with Gasteiger partial charge in [0.25, 0.3) is 15.9 Å². The van der Waals surface area contributed by atoms with Crippen LogP contribution in [-0.2, 0) is 14.8 Å². The minimum absolute atomic E-state index is 0.00636. The van der Waals surface area contributed by atoms with Gasteiger partial charge in [-0.05, 0) is 68.9 Å². The fourth-order valence-electron chi connectivity index (χ4n) is 4.21. The fourth-order valence-corrected chi connectivity index (χ4v) is 5.49. The smallest absolute Gasteiger partial charge is 0.262 e. The Morgan fingerprint density at radius 3 is 2.59 bits per heavy atom. The van der Waals surface area contributed by atoms with E-state index in [0.29, 0.717) is 42.4 Å². The highest BCUT2D eigenvalue weighted by Crippen LogP contribution is 2.23. The van der Waals surface area contributed by atoms with Crippen molar-refractivity contribution in [1.29, 1.82) is 0 Å². The van der Waals surface area contributed by atoms with Gasteiger partial charge in [0, 0.05) is 30.9 Å². The third-order valence-corrected chi connectivity index (χ3v) is 7.62. The third kappa shape index (κ3) is 6.59. The topological polar surface area (TPSA) is 95.6 Å². The molecule has 2 aromatic carbocycles. The number of likely N-dealkylation sites (tertiary alicyclic amines) is 1. The number of sulfonamides is 1. The van der Waals surface area contributed by atoms with Crippen molar-refractivity contribution in [1.82, 2.24) is 10.2 Å². The van der Waals surface area contributed by atoms with Gasteiger partial charge in [0.15, 0.2) is 0 Å². The summed E-state index contributed by atoms with van der Waals surface area (Å²) in [6.45, 7) is 9.48. The molecule has 1 heterocycles. The second kappa shape index (κ2) is 11.0. The van der Waals surface area contributed by atoms with Crippen LogP contribution in [0.25, 0.3) is 0 Å². The first-order chi connectivity index (χ1) is 16.1. The lowest BCUT2D eigenvalue weighted by atomic mass is 9.96. The molecule has 0 saturated carbocycles. The van der Waals surface area contributed by atoms with Gasteiger partial charge in [0.1, 0.15) is 0 Å². The number of nitrogens with zero attached hydrogens (tertiary/aromatic N) is 1. The fraction of sp³-hybridized carbons (Fsp3) is 0.462. The van der Waals surface area contributed by atoms with E-state index in [4.69, 9.17) is 0 Å². The van der Waals surface area contributed by atoms with Crippen molar-refractivity contribution in [2.75, 3.05) is 24.4 Å². The molecular formula is C26H35N3O4S. The van der Waals surface area contributed by atoms with Gasteiger partial charge < -0.3 is 10.2 Å². The number of amides is 2. The summed E-state index contributed by atoms with van der Waals surface area (Å²) in [5.74, 6) is 0.0841. The maximum absolute atomic E-state index is 13.2. The normalized spacial score (nSPS) is 16.4. The molecule has 1 fully saturated rings. The van der Waals surface area contributed by atoms with E-state index in [2.05, 4.69) is 23.9 Å². The Balaban J connectivity index is 1.69. The van der Waals surface area contributed by atoms with E-state index in [1.807, 2.05) is 13.0 Å². The number of piperidine rings is 1. The van der Waals surface area contributed by atoms with Crippen LogP contribution >= 0.6 is 0 Å². The molecule has 1 saturated heterocycles. The summed E-state index contributed by atoms with van der Waals surface area (Å²) in [6.07, 6.45) is 2.44. The van der Waals surface area contributed by atoms with Crippen LogP contribution in [0.4, 0.5) is 5.69 Å². The Morgan fingerprint density at radius 1 is 1.12 bits per heavy atom. The molecule has 0 bridgehead atoms. The zero-order valence-corrected chi connectivity index (χ0v) is 21.2. The van der Waals surface area contributed by atoms with Crippen molar-refractivity contribution in [3.8, 4) is 0 Å². The predicted octanol–water partition coefficient (Wildman–Crippen LogP) is 4.12. The molecule has 1 atom stereocenters. The molecule has 0 spiro atoms. The molecule has 2 aromatic rings.